The van der Waals surface area contributed by atoms with E-state index in [0.29, 0.717) is 11.2 Å². The molecule has 0 bridgehead atoms. The van der Waals surface area contributed by atoms with Crippen LogP contribution < -0.4 is 5.62 Å². The topological polar surface area (TPSA) is 63.2 Å². The summed E-state index contributed by atoms with van der Waals surface area (Å²) in [6.45, 7) is 5.12. The third kappa shape index (κ3) is 4.41. The van der Waals surface area contributed by atoms with E-state index in [2.05, 4.69) is 4.90 Å². The maximum Gasteiger partial charge on any atom is 0.203 e. The quantitative estimate of drug-likeness (QED) is 0.413. The molecule has 0 spiro atoms. The second-order valence-corrected chi connectivity index (χ2v) is 7.99. The van der Waals surface area contributed by atoms with Gasteiger partial charge in [-0.3, -0.25) is 15.1 Å². The Morgan fingerprint density at radius 2 is 1.50 bits per heavy atom. The summed E-state index contributed by atoms with van der Waals surface area (Å²) in [4.78, 5) is 15.5. The van der Waals surface area contributed by atoms with Crippen LogP contribution in [0.2, 0.25) is 0 Å². The number of para-hydroxylation sites is 2. The molecule has 32 heavy (non-hydrogen) atoms. The molecule has 4 aromatic rings. The number of halogens is 1. The molecule has 0 radical (unpaired) electrons. The highest BCUT2D eigenvalue weighted by molar-refractivity contribution is 8.93. The number of morpholine rings is 1. The number of nitrogens with one attached hydrogen (secondary N) is 1. The number of ether oxygens (including phenoxy) is 1. The van der Waals surface area contributed by atoms with E-state index in [-0.39, 0.29) is 29.3 Å². The van der Waals surface area contributed by atoms with Gasteiger partial charge >= 0.3 is 0 Å². The Kier molecular flexibility index (Phi) is 6.89. The maximum atomic E-state index is 13.1. The number of imidazole rings is 1. The number of Topliss-reactive ketones (excluding diaryl/α,β-unsaturated/α-hetero) is 1. The molecule has 1 fully saturated rings. The average Bonchev–Trinajstić information content (AvgIpc) is 3.08. The normalized spacial score (nSPS) is 14.5. The van der Waals surface area contributed by atoms with Crippen molar-refractivity contribution >= 4 is 44.6 Å². The number of carbonyl (C=O) groups excluding carboxylic acids is 1. The minimum atomic E-state index is 0. The van der Waals surface area contributed by atoms with Crippen LogP contribution >= 0.6 is 17.0 Å². The van der Waals surface area contributed by atoms with Gasteiger partial charge in [0.1, 0.15) is 0 Å². The van der Waals surface area contributed by atoms with Crippen LogP contribution in [0.4, 0.5) is 0 Å². The molecular weight excluding hydrogens is 468 g/mol. The van der Waals surface area contributed by atoms with Crippen LogP contribution in [0.5, 0.6) is 0 Å². The Hall–Kier alpha value is -2.74. The maximum absolute atomic E-state index is 13.1. The monoisotopic (exact) mass is 494 g/mol. The molecule has 5 rings (SSSR count). The van der Waals surface area contributed by atoms with Gasteiger partial charge in [-0.05, 0) is 29.0 Å². The van der Waals surface area contributed by atoms with Gasteiger partial charge in [-0.1, -0.05) is 48.5 Å². The number of ketones is 1. The fourth-order valence-corrected chi connectivity index (χ4v) is 4.34. The van der Waals surface area contributed by atoms with Gasteiger partial charge in [-0.25, -0.2) is 0 Å². The van der Waals surface area contributed by atoms with E-state index in [1.54, 1.807) is 0 Å². The van der Waals surface area contributed by atoms with E-state index in [1.165, 1.54) is 0 Å². The van der Waals surface area contributed by atoms with Gasteiger partial charge in [0.15, 0.2) is 5.78 Å². The van der Waals surface area contributed by atoms with E-state index in [4.69, 9.17) is 10.1 Å². The highest BCUT2D eigenvalue weighted by Gasteiger charge is 2.16. The molecule has 1 aliphatic rings. The molecule has 0 unspecified atom stereocenters. The molecule has 1 aromatic heterocycles. The van der Waals surface area contributed by atoms with Gasteiger partial charge in [0.2, 0.25) is 5.62 Å². The van der Waals surface area contributed by atoms with Crippen molar-refractivity contribution in [3.05, 3.63) is 77.9 Å². The summed E-state index contributed by atoms with van der Waals surface area (Å²) in [6, 6.07) is 21.8. The Balaban J connectivity index is 0.00000245. The summed E-state index contributed by atoms with van der Waals surface area (Å²) in [5, 5.41) is 11.0. The zero-order valence-electron chi connectivity index (χ0n) is 17.9. The molecule has 1 aliphatic heterocycles. The van der Waals surface area contributed by atoms with Crippen LogP contribution in [0.15, 0.2) is 66.7 Å². The second-order valence-electron chi connectivity index (χ2n) is 7.99. The van der Waals surface area contributed by atoms with Crippen molar-refractivity contribution in [1.29, 1.82) is 5.41 Å². The van der Waals surface area contributed by atoms with Crippen molar-refractivity contribution in [3.63, 3.8) is 0 Å². The Morgan fingerprint density at radius 3 is 2.25 bits per heavy atom. The molecule has 1 saturated heterocycles. The number of rotatable bonds is 6. The number of hydrogen-bond acceptors (Lipinski definition) is 4. The zero-order valence-corrected chi connectivity index (χ0v) is 19.6. The molecule has 1 N–H and O–H groups in total. The summed E-state index contributed by atoms with van der Waals surface area (Å²) >= 11 is 0. The van der Waals surface area contributed by atoms with E-state index in [1.807, 2.05) is 75.9 Å². The molecule has 2 heterocycles. The summed E-state index contributed by atoms with van der Waals surface area (Å²) < 4.78 is 9.27. The second kappa shape index (κ2) is 9.81. The van der Waals surface area contributed by atoms with Crippen LogP contribution in [-0.4, -0.2) is 52.7 Å². The van der Waals surface area contributed by atoms with Gasteiger partial charge in [-0.15, -0.1) is 17.0 Å². The number of fused-ring (bicyclic) bond motifs is 2. The number of hydrogen-bond donors (Lipinski definition) is 1. The third-order valence-corrected chi connectivity index (χ3v) is 6.09. The van der Waals surface area contributed by atoms with E-state index < -0.39 is 0 Å². The van der Waals surface area contributed by atoms with Crippen molar-refractivity contribution < 1.29 is 9.53 Å². The van der Waals surface area contributed by atoms with Gasteiger partial charge in [-0.2, -0.15) is 0 Å². The average molecular weight is 495 g/mol. The van der Waals surface area contributed by atoms with E-state index >= 15 is 0 Å². The third-order valence-electron chi connectivity index (χ3n) is 6.09. The molecule has 0 amide bonds. The Morgan fingerprint density at radius 1 is 0.844 bits per heavy atom. The Bertz CT molecular complexity index is 1300. The van der Waals surface area contributed by atoms with Crippen LogP contribution in [0.25, 0.3) is 21.8 Å². The van der Waals surface area contributed by atoms with Gasteiger partial charge in [0.05, 0.1) is 30.8 Å². The molecule has 0 atom stereocenters. The lowest BCUT2D eigenvalue weighted by molar-refractivity contribution is 0.0363. The highest BCUT2D eigenvalue weighted by Crippen LogP contribution is 2.18. The first-order valence-corrected chi connectivity index (χ1v) is 10.8. The molecular formula is C25H27BrN4O2. The first-order chi connectivity index (χ1) is 15.2. The standard InChI is InChI=1S/C25H26N4O2.BrH/c26-25-28(12-11-27-13-15-31-16-14-27)22-7-3-4-8-23(22)29(25)18-24(30)21-10-9-19-5-1-2-6-20(19)17-21;/h1-10,17,26H,11-16,18H2;1H. The van der Waals surface area contributed by atoms with Gasteiger partial charge < -0.3 is 13.9 Å². The van der Waals surface area contributed by atoms with Crippen LogP contribution in [0, 0.1) is 5.41 Å². The molecule has 7 heteroatoms. The fourth-order valence-electron chi connectivity index (χ4n) is 4.34. The van der Waals surface area contributed by atoms with Crippen molar-refractivity contribution in [2.45, 2.75) is 13.1 Å². The van der Waals surface area contributed by atoms with Crippen molar-refractivity contribution in [3.8, 4) is 0 Å². The van der Waals surface area contributed by atoms with Crippen molar-refractivity contribution in [1.82, 2.24) is 14.0 Å². The molecule has 6 nitrogen and oxygen atoms in total. The first-order valence-electron chi connectivity index (χ1n) is 10.8. The van der Waals surface area contributed by atoms with E-state index in [0.717, 1.165) is 61.2 Å². The lowest BCUT2D eigenvalue weighted by Gasteiger charge is -2.26. The smallest absolute Gasteiger partial charge is 0.203 e. The minimum Gasteiger partial charge on any atom is -0.379 e. The van der Waals surface area contributed by atoms with Crippen LogP contribution in [-0.2, 0) is 17.8 Å². The number of carbonyl (C=O) groups is 1. The number of nitrogens with zero attached hydrogens (tertiary/aromatic N) is 3. The molecule has 3 aromatic carbocycles. The van der Waals surface area contributed by atoms with Crippen LogP contribution in [0.3, 0.4) is 0 Å². The molecule has 166 valence electrons. The lowest BCUT2D eigenvalue weighted by Crippen LogP contribution is -2.39. The Labute approximate surface area is 197 Å². The number of aromatic nitrogens is 2. The SMILES string of the molecule is Br.N=c1n(CCN2CCOCC2)c2ccccc2n1CC(=O)c1ccc2ccccc2c1. The summed E-state index contributed by atoms with van der Waals surface area (Å²) in [5.41, 5.74) is 2.95. The predicted molar refractivity (Wildman–Crippen MR) is 132 cm³/mol. The van der Waals surface area contributed by atoms with Crippen LogP contribution in [0.1, 0.15) is 10.4 Å². The number of benzene rings is 3. The van der Waals surface area contributed by atoms with Gasteiger partial charge in [0.25, 0.3) is 0 Å². The molecule has 0 aliphatic carbocycles. The van der Waals surface area contributed by atoms with Gasteiger partial charge in [0, 0.05) is 31.7 Å². The minimum absolute atomic E-state index is 0. The molecule has 0 saturated carbocycles. The van der Waals surface area contributed by atoms with Crippen molar-refractivity contribution in [2.75, 3.05) is 32.8 Å². The summed E-state index contributed by atoms with van der Waals surface area (Å²) in [5.74, 6) is 0.0142. The predicted octanol–water partition coefficient (Wildman–Crippen LogP) is 3.87. The summed E-state index contributed by atoms with van der Waals surface area (Å²) in [6.07, 6.45) is 0. The zero-order chi connectivity index (χ0) is 21.2. The highest BCUT2D eigenvalue weighted by atomic mass is 79.9. The largest absolute Gasteiger partial charge is 0.379 e. The summed E-state index contributed by atoms with van der Waals surface area (Å²) in [7, 11) is 0. The first kappa shape index (κ1) is 22.5. The van der Waals surface area contributed by atoms with E-state index in [9.17, 15) is 4.79 Å². The van der Waals surface area contributed by atoms with Crippen molar-refractivity contribution in [2.24, 2.45) is 0 Å². The fraction of sp³-hybridized carbons (Fsp3) is 0.280. The lowest BCUT2D eigenvalue weighted by atomic mass is 10.0.